The van der Waals surface area contributed by atoms with Gasteiger partial charge in [0.05, 0.1) is 0 Å². The van der Waals surface area contributed by atoms with Gasteiger partial charge in [0.25, 0.3) is 0 Å². The van der Waals surface area contributed by atoms with Crippen molar-refractivity contribution in [2.75, 3.05) is 37.1 Å². The van der Waals surface area contributed by atoms with Crippen LogP contribution in [-0.4, -0.2) is 43.9 Å². The second-order valence-corrected chi connectivity index (χ2v) is 7.66. The molecule has 0 spiro atoms. The predicted octanol–water partition coefficient (Wildman–Crippen LogP) is 3.56. The lowest BCUT2D eigenvalue weighted by atomic mass is 9.89. The molecule has 3 heterocycles. The summed E-state index contributed by atoms with van der Waals surface area (Å²) in [7, 11) is 2.15. The highest BCUT2D eigenvalue weighted by Crippen LogP contribution is 2.45. The first-order valence-electron chi connectivity index (χ1n) is 9.39. The summed E-state index contributed by atoms with van der Waals surface area (Å²) >= 11 is 0. The number of piperidine rings is 1. The van der Waals surface area contributed by atoms with Crippen LogP contribution in [0.25, 0.3) is 0 Å². The molecule has 2 aromatic rings. The van der Waals surface area contributed by atoms with E-state index in [0.29, 0.717) is 23.1 Å². The Kier molecular flexibility index (Phi) is 3.75. The molecule has 1 fully saturated rings. The number of hydrogen-bond acceptors (Lipinski definition) is 4. The third-order valence-electron chi connectivity index (χ3n) is 5.80. The van der Waals surface area contributed by atoms with E-state index in [1.807, 2.05) is 23.1 Å². The molecule has 2 unspecified atom stereocenters. The van der Waals surface area contributed by atoms with Crippen LogP contribution in [0.1, 0.15) is 23.5 Å². The van der Waals surface area contributed by atoms with Gasteiger partial charge in [0, 0.05) is 35.9 Å². The zero-order chi connectivity index (χ0) is 18.5. The van der Waals surface area contributed by atoms with E-state index in [4.69, 9.17) is 9.47 Å². The quantitative estimate of drug-likeness (QED) is 0.840. The number of benzene rings is 2. The van der Waals surface area contributed by atoms with Crippen molar-refractivity contribution < 1.29 is 14.3 Å². The number of ether oxygens (including phenoxy) is 2. The van der Waals surface area contributed by atoms with Crippen molar-refractivity contribution in [3.63, 3.8) is 0 Å². The zero-order valence-corrected chi connectivity index (χ0v) is 15.6. The van der Waals surface area contributed by atoms with E-state index in [1.54, 1.807) is 0 Å². The maximum Gasteiger partial charge on any atom is 0.326 e. The Bertz CT molecular complexity index is 914. The topological polar surface area (TPSA) is 54.0 Å². The number of nitrogens with zero attached hydrogens (tertiary/aromatic N) is 2. The average molecular weight is 365 g/mol. The summed E-state index contributed by atoms with van der Waals surface area (Å²) in [5, 5.41) is 3.05. The first kappa shape index (κ1) is 16.4. The highest BCUT2D eigenvalue weighted by atomic mass is 16.7. The lowest BCUT2D eigenvalue weighted by molar-refractivity contribution is 0.174. The lowest BCUT2D eigenvalue weighted by Gasteiger charge is -2.36. The Morgan fingerprint density at radius 3 is 2.89 bits per heavy atom. The van der Waals surface area contributed by atoms with Crippen molar-refractivity contribution in [2.24, 2.45) is 0 Å². The molecule has 0 saturated carbocycles. The van der Waals surface area contributed by atoms with E-state index in [2.05, 4.69) is 42.4 Å². The second-order valence-electron chi connectivity index (χ2n) is 7.66. The molecule has 1 saturated heterocycles. The molecule has 2 amide bonds. The summed E-state index contributed by atoms with van der Waals surface area (Å²) < 4.78 is 10.8. The molecule has 2 atom stereocenters. The van der Waals surface area contributed by atoms with E-state index < -0.39 is 0 Å². The number of aryl methyl sites for hydroxylation is 1. The molecule has 1 N–H and O–H groups in total. The van der Waals surface area contributed by atoms with Gasteiger partial charge in [0.1, 0.15) is 0 Å². The van der Waals surface area contributed by atoms with Crippen LogP contribution in [0.15, 0.2) is 36.4 Å². The molecule has 6 heteroatoms. The fourth-order valence-electron chi connectivity index (χ4n) is 4.50. The normalized spacial score (nSPS) is 23.1. The molecule has 0 radical (unpaired) electrons. The minimum absolute atomic E-state index is 0.0870. The molecule has 27 heavy (non-hydrogen) atoms. The summed E-state index contributed by atoms with van der Waals surface area (Å²) in [6, 6.07) is 12.0. The van der Waals surface area contributed by atoms with Crippen LogP contribution in [0.5, 0.6) is 11.5 Å². The fraction of sp³-hybridized carbons (Fsp3) is 0.381. The van der Waals surface area contributed by atoms with Gasteiger partial charge < -0.3 is 19.7 Å². The Balaban J connectivity index is 1.46. The number of hydrogen-bond donors (Lipinski definition) is 1. The van der Waals surface area contributed by atoms with Gasteiger partial charge in [-0.05, 0) is 50.7 Å². The third kappa shape index (κ3) is 2.72. The van der Waals surface area contributed by atoms with Crippen LogP contribution in [0.2, 0.25) is 0 Å². The summed E-state index contributed by atoms with van der Waals surface area (Å²) in [6.07, 6.45) is 0.976. The van der Waals surface area contributed by atoms with Gasteiger partial charge in [-0.15, -0.1) is 0 Å². The van der Waals surface area contributed by atoms with Gasteiger partial charge in [-0.1, -0.05) is 17.7 Å². The molecule has 0 aliphatic carbocycles. The first-order valence-corrected chi connectivity index (χ1v) is 9.39. The van der Waals surface area contributed by atoms with E-state index in [0.717, 1.165) is 25.2 Å². The number of rotatable bonds is 1. The summed E-state index contributed by atoms with van der Waals surface area (Å²) in [6.45, 7) is 4.32. The number of carbonyl (C=O) groups excluding carboxylic acids is 1. The van der Waals surface area contributed by atoms with Gasteiger partial charge >= 0.3 is 6.03 Å². The molecule has 5 rings (SSSR count). The molecule has 2 aromatic carbocycles. The standard InChI is InChI=1S/C21H23N3O3/c1-13-3-5-17-15(9-13)16-11-23(2)8-7-18(16)24(17)21(25)22-14-4-6-19-20(10-14)27-12-26-19/h3-6,9-10,16,18H,7-8,11-12H2,1-2H3,(H,22,25). The summed E-state index contributed by atoms with van der Waals surface area (Å²) in [5.74, 6) is 1.74. The van der Waals surface area contributed by atoms with E-state index >= 15 is 0 Å². The van der Waals surface area contributed by atoms with E-state index in [1.165, 1.54) is 11.1 Å². The number of likely N-dealkylation sites (N-methyl/N-ethyl adjacent to an activating group) is 1. The summed E-state index contributed by atoms with van der Waals surface area (Å²) in [5.41, 5.74) is 4.27. The average Bonchev–Trinajstić information content (AvgIpc) is 3.23. The zero-order valence-electron chi connectivity index (χ0n) is 15.6. The number of nitrogens with one attached hydrogen (secondary N) is 1. The second kappa shape index (κ2) is 6.16. The van der Waals surface area contributed by atoms with Crippen LogP contribution < -0.4 is 19.7 Å². The molecular formula is C21H23N3O3. The molecular weight excluding hydrogens is 342 g/mol. The Labute approximate surface area is 158 Å². The first-order chi connectivity index (χ1) is 13.1. The van der Waals surface area contributed by atoms with Crippen molar-refractivity contribution in [1.29, 1.82) is 0 Å². The number of likely N-dealkylation sites (tertiary alicyclic amines) is 1. The minimum Gasteiger partial charge on any atom is -0.454 e. The van der Waals surface area contributed by atoms with Crippen LogP contribution in [0.4, 0.5) is 16.2 Å². The third-order valence-corrected chi connectivity index (χ3v) is 5.80. The Morgan fingerprint density at radius 2 is 2.00 bits per heavy atom. The molecule has 140 valence electrons. The van der Waals surface area contributed by atoms with Crippen molar-refractivity contribution in [1.82, 2.24) is 4.90 Å². The van der Waals surface area contributed by atoms with Crippen molar-refractivity contribution in [3.8, 4) is 11.5 Å². The van der Waals surface area contributed by atoms with Crippen LogP contribution in [-0.2, 0) is 0 Å². The Morgan fingerprint density at radius 1 is 1.15 bits per heavy atom. The maximum absolute atomic E-state index is 13.2. The fourth-order valence-corrected chi connectivity index (χ4v) is 4.50. The van der Waals surface area contributed by atoms with E-state index in [9.17, 15) is 4.79 Å². The van der Waals surface area contributed by atoms with Gasteiger partial charge in [-0.2, -0.15) is 0 Å². The van der Waals surface area contributed by atoms with Gasteiger partial charge in [0.2, 0.25) is 6.79 Å². The number of anilines is 2. The lowest BCUT2D eigenvalue weighted by Crippen LogP contribution is -2.48. The smallest absolute Gasteiger partial charge is 0.326 e. The van der Waals surface area contributed by atoms with Crippen LogP contribution >= 0.6 is 0 Å². The number of fused-ring (bicyclic) bond motifs is 4. The molecule has 3 aliphatic rings. The predicted molar refractivity (Wildman–Crippen MR) is 104 cm³/mol. The highest BCUT2D eigenvalue weighted by molar-refractivity contribution is 6.04. The molecule has 6 nitrogen and oxygen atoms in total. The number of carbonyl (C=O) groups is 1. The van der Waals surface area contributed by atoms with Gasteiger partial charge in [0.15, 0.2) is 11.5 Å². The number of urea groups is 1. The summed E-state index contributed by atoms with van der Waals surface area (Å²) in [4.78, 5) is 17.5. The van der Waals surface area contributed by atoms with E-state index in [-0.39, 0.29) is 18.9 Å². The van der Waals surface area contributed by atoms with Gasteiger partial charge in [-0.3, -0.25) is 4.90 Å². The van der Waals surface area contributed by atoms with Crippen molar-refractivity contribution >= 4 is 17.4 Å². The van der Waals surface area contributed by atoms with Crippen molar-refractivity contribution in [3.05, 3.63) is 47.5 Å². The highest BCUT2D eigenvalue weighted by Gasteiger charge is 2.44. The van der Waals surface area contributed by atoms with Gasteiger partial charge in [-0.25, -0.2) is 4.79 Å². The minimum atomic E-state index is -0.0870. The maximum atomic E-state index is 13.2. The molecule has 0 aromatic heterocycles. The van der Waals surface area contributed by atoms with Crippen LogP contribution in [0.3, 0.4) is 0 Å². The van der Waals surface area contributed by atoms with Crippen LogP contribution in [0, 0.1) is 6.92 Å². The monoisotopic (exact) mass is 365 g/mol. The number of amides is 2. The SMILES string of the molecule is Cc1ccc2c(c1)C1CN(C)CCC1N2C(=O)Nc1ccc2c(c1)OCO2. The van der Waals surface area contributed by atoms with Crippen molar-refractivity contribution in [2.45, 2.75) is 25.3 Å². The Hall–Kier alpha value is -2.73. The molecule has 0 bridgehead atoms. The molecule has 3 aliphatic heterocycles. The largest absolute Gasteiger partial charge is 0.454 e.